The van der Waals surface area contributed by atoms with Crippen LogP contribution in [0.3, 0.4) is 0 Å². The number of carbonyl (C=O) groups is 3. The van der Waals surface area contributed by atoms with Crippen LogP contribution in [0.2, 0.25) is 0 Å². The summed E-state index contributed by atoms with van der Waals surface area (Å²) in [5.41, 5.74) is -1.40. The lowest BCUT2D eigenvalue weighted by atomic mass is 9.92. The second-order valence-electron chi connectivity index (χ2n) is 7.19. The van der Waals surface area contributed by atoms with Crippen molar-refractivity contribution in [1.82, 2.24) is 15.5 Å². The van der Waals surface area contributed by atoms with Crippen molar-refractivity contribution in [2.75, 3.05) is 18.1 Å². The number of hydrogen-bond acceptors (Lipinski definition) is 6. The third kappa shape index (κ3) is 4.66. The van der Waals surface area contributed by atoms with Crippen molar-refractivity contribution in [3.05, 3.63) is 29.8 Å². The van der Waals surface area contributed by atoms with Gasteiger partial charge in [-0.1, -0.05) is 12.1 Å². The Kier molecular flexibility index (Phi) is 5.43. The normalized spacial score (nSPS) is 25.9. The number of hydrogen-bond donors (Lipinski definition) is 2. The van der Waals surface area contributed by atoms with Gasteiger partial charge < -0.3 is 15.4 Å². The zero-order chi connectivity index (χ0) is 22.3. The predicted octanol–water partition coefficient (Wildman–Crippen LogP) is 0.655. The molecular formula is C17H18F3N3O6S. The molecule has 2 N–H and O–H groups in total. The van der Waals surface area contributed by atoms with Gasteiger partial charge in [0.05, 0.1) is 11.5 Å². The molecule has 0 saturated carbocycles. The average molecular weight is 449 g/mol. The van der Waals surface area contributed by atoms with Crippen LogP contribution in [0.15, 0.2) is 24.3 Å². The molecule has 0 spiro atoms. The Labute approximate surface area is 169 Å². The second-order valence-corrected chi connectivity index (χ2v) is 9.41. The standard InChI is InChI=1S/C17H18F3N3O6S/c1-16(10-2-4-12(5-3-10)29-17(18,19)20)14(25)23(15(26)22-16)8-13(24)21-11-6-7-30(27,28)9-11/h2-5,11H,6-9H2,1H3,(H,21,24)(H,22,26). The maximum absolute atomic E-state index is 12.8. The van der Waals surface area contributed by atoms with E-state index in [4.69, 9.17) is 0 Å². The summed E-state index contributed by atoms with van der Waals surface area (Å²) in [7, 11) is -3.21. The van der Waals surface area contributed by atoms with E-state index in [9.17, 15) is 36.0 Å². The summed E-state index contributed by atoms with van der Waals surface area (Å²) in [6.07, 6.45) is -4.62. The van der Waals surface area contributed by atoms with E-state index in [-0.39, 0.29) is 23.5 Å². The summed E-state index contributed by atoms with van der Waals surface area (Å²) in [5, 5.41) is 4.91. The third-order valence-corrected chi connectivity index (χ3v) is 6.61. The number of rotatable bonds is 5. The number of urea groups is 1. The van der Waals surface area contributed by atoms with E-state index in [0.29, 0.717) is 4.90 Å². The van der Waals surface area contributed by atoms with Crippen molar-refractivity contribution in [2.45, 2.75) is 31.3 Å². The summed E-state index contributed by atoms with van der Waals surface area (Å²) in [6.45, 7) is 0.736. The molecule has 13 heteroatoms. The Morgan fingerprint density at radius 3 is 2.47 bits per heavy atom. The van der Waals surface area contributed by atoms with Gasteiger partial charge in [0.15, 0.2) is 9.84 Å². The number of alkyl halides is 3. The highest BCUT2D eigenvalue weighted by Crippen LogP contribution is 2.31. The van der Waals surface area contributed by atoms with Crippen LogP contribution in [0.1, 0.15) is 18.9 Å². The summed E-state index contributed by atoms with van der Waals surface area (Å²) in [6, 6.07) is 2.97. The highest BCUT2D eigenvalue weighted by atomic mass is 32.2. The van der Waals surface area contributed by atoms with Gasteiger partial charge in [-0.25, -0.2) is 13.2 Å². The van der Waals surface area contributed by atoms with E-state index in [1.807, 2.05) is 0 Å². The first-order chi connectivity index (χ1) is 13.8. The third-order valence-electron chi connectivity index (χ3n) is 4.84. The smallest absolute Gasteiger partial charge is 0.406 e. The Hall–Kier alpha value is -2.83. The quantitative estimate of drug-likeness (QED) is 0.637. The van der Waals surface area contributed by atoms with Crippen molar-refractivity contribution in [3.63, 3.8) is 0 Å². The monoisotopic (exact) mass is 449 g/mol. The molecule has 2 aliphatic rings. The van der Waals surface area contributed by atoms with Crippen LogP contribution in [-0.2, 0) is 25.0 Å². The minimum Gasteiger partial charge on any atom is -0.406 e. The van der Waals surface area contributed by atoms with E-state index >= 15 is 0 Å². The van der Waals surface area contributed by atoms with Crippen LogP contribution < -0.4 is 15.4 Å². The number of sulfone groups is 1. The first-order valence-electron chi connectivity index (χ1n) is 8.79. The fourth-order valence-electron chi connectivity index (χ4n) is 3.35. The van der Waals surface area contributed by atoms with Gasteiger partial charge in [-0.05, 0) is 31.0 Å². The van der Waals surface area contributed by atoms with Gasteiger partial charge in [0.1, 0.15) is 17.8 Å². The molecule has 0 bridgehead atoms. The van der Waals surface area contributed by atoms with Crippen molar-refractivity contribution < 1.29 is 40.7 Å². The predicted molar refractivity (Wildman–Crippen MR) is 95.9 cm³/mol. The molecule has 4 amide bonds. The number of nitrogens with one attached hydrogen (secondary N) is 2. The molecule has 1 aromatic rings. The summed E-state index contributed by atoms with van der Waals surface area (Å²) < 4.78 is 63.5. The largest absolute Gasteiger partial charge is 0.573 e. The van der Waals surface area contributed by atoms with Gasteiger partial charge >= 0.3 is 12.4 Å². The van der Waals surface area contributed by atoms with E-state index in [0.717, 1.165) is 12.1 Å². The molecule has 2 unspecified atom stereocenters. The molecule has 0 aliphatic carbocycles. The molecule has 2 aliphatic heterocycles. The van der Waals surface area contributed by atoms with Crippen LogP contribution >= 0.6 is 0 Å². The van der Waals surface area contributed by atoms with Crippen LogP contribution in [0.5, 0.6) is 5.75 Å². The van der Waals surface area contributed by atoms with E-state index in [1.165, 1.54) is 19.1 Å². The highest BCUT2D eigenvalue weighted by Gasteiger charge is 2.49. The van der Waals surface area contributed by atoms with Gasteiger partial charge in [0.2, 0.25) is 5.91 Å². The van der Waals surface area contributed by atoms with E-state index in [2.05, 4.69) is 15.4 Å². The highest BCUT2D eigenvalue weighted by molar-refractivity contribution is 7.91. The molecule has 30 heavy (non-hydrogen) atoms. The lowest BCUT2D eigenvalue weighted by molar-refractivity contribution is -0.274. The number of ether oxygens (including phenoxy) is 1. The van der Waals surface area contributed by atoms with Crippen LogP contribution in [0, 0.1) is 0 Å². The van der Waals surface area contributed by atoms with Crippen molar-refractivity contribution >= 4 is 27.7 Å². The summed E-state index contributed by atoms with van der Waals surface area (Å²) in [4.78, 5) is 37.9. The molecule has 0 radical (unpaired) electrons. The zero-order valence-electron chi connectivity index (χ0n) is 15.7. The van der Waals surface area contributed by atoms with Crippen LogP contribution in [-0.4, -0.2) is 61.6 Å². The zero-order valence-corrected chi connectivity index (χ0v) is 16.5. The number of benzene rings is 1. The first kappa shape index (κ1) is 21.9. The lowest BCUT2D eigenvalue weighted by Crippen LogP contribution is -2.45. The Bertz CT molecular complexity index is 979. The molecule has 164 valence electrons. The van der Waals surface area contributed by atoms with Crippen LogP contribution in [0.25, 0.3) is 0 Å². The summed E-state index contributed by atoms with van der Waals surface area (Å²) in [5.74, 6) is -2.21. The Balaban J connectivity index is 1.68. The van der Waals surface area contributed by atoms with E-state index < -0.39 is 57.9 Å². The SMILES string of the molecule is CC1(c2ccc(OC(F)(F)F)cc2)NC(=O)N(CC(=O)NC2CCS(=O)(=O)C2)C1=O. The molecule has 3 rings (SSSR count). The lowest BCUT2D eigenvalue weighted by Gasteiger charge is -2.22. The van der Waals surface area contributed by atoms with Crippen molar-refractivity contribution in [1.29, 1.82) is 0 Å². The van der Waals surface area contributed by atoms with Gasteiger partial charge in [-0.3, -0.25) is 14.5 Å². The molecular weight excluding hydrogens is 431 g/mol. The molecule has 2 fully saturated rings. The summed E-state index contributed by atoms with van der Waals surface area (Å²) >= 11 is 0. The molecule has 2 heterocycles. The number of carbonyl (C=O) groups excluding carboxylic acids is 3. The Morgan fingerprint density at radius 2 is 1.93 bits per heavy atom. The minimum atomic E-state index is -4.87. The number of imide groups is 1. The number of amides is 4. The van der Waals surface area contributed by atoms with Gasteiger partial charge in [-0.2, -0.15) is 0 Å². The Morgan fingerprint density at radius 1 is 1.30 bits per heavy atom. The second kappa shape index (κ2) is 7.45. The topological polar surface area (TPSA) is 122 Å². The van der Waals surface area contributed by atoms with Gasteiger partial charge in [-0.15, -0.1) is 13.2 Å². The minimum absolute atomic E-state index is 0.0484. The number of halogens is 3. The van der Waals surface area contributed by atoms with Gasteiger partial charge in [0, 0.05) is 6.04 Å². The van der Waals surface area contributed by atoms with Crippen LogP contribution in [0.4, 0.5) is 18.0 Å². The molecule has 1 aromatic carbocycles. The maximum atomic E-state index is 12.8. The average Bonchev–Trinajstić information content (AvgIpc) is 3.05. The fraction of sp³-hybridized carbons (Fsp3) is 0.471. The van der Waals surface area contributed by atoms with Crippen molar-refractivity contribution in [2.24, 2.45) is 0 Å². The van der Waals surface area contributed by atoms with Gasteiger partial charge in [0.25, 0.3) is 5.91 Å². The maximum Gasteiger partial charge on any atom is 0.573 e. The number of nitrogens with zero attached hydrogens (tertiary/aromatic N) is 1. The molecule has 2 atom stereocenters. The molecule has 9 nitrogen and oxygen atoms in total. The molecule has 0 aromatic heterocycles. The fourth-order valence-corrected chi connectivity index (χ4v) is 5.03. The van der Waals surface area contributed by atoms with Crippen molar-refractivity contribution in [3.8, 4) is 5.75 Å². The van der Waals surface area contributed by atoms with E-state index in [1.54, 1.807) is 0 Å². The first-order valence-corrected chi connectivity index (χ1v) is 10.6. The molecule has 2 saturated heterocycles.